The average Bonchev–Trinajstić information content (AvgIpc) is 3.15. The molecule has 0 aliphatic carbocycles. The number of benzene rings is 2. The summed E-state index contributed by atoms with van der Waals surface area (Å²) in [5.74, 6) is -0.0999. The Morgan fingerprint density at radius 3 is 2.57 bits per heavy atom. The lowest BCUT2D eigenvalue weighted by molar-refractivity contribution is -0.127. The fourth-order valence-corrected chi connectivity index (χ4v) is 3.65. The number of halogens is 1. The molecule has 3 amide bonds. The molecule has 0 aromatic heterocycles. The van der Waals surface area contributed by atoms with Crippen molar-refractivity contribution >= 4 is 45.0 Å². The molecule has 0 radical (unpaired) electrons. The summed E-state index contributed by atoms with van der Waals surface area (Å²) in [6.45, 7) is 1.03. The first-order valence-corrected chi connectivity index (χ1v) is 10.3. The van der Waals surface area contributed by atoms with Gasteiger partial charge in [-0.2, -0.15) is 0 Å². The molecule has 8 nitrogen and oxygen atoms in total. The Balaban J connectivity index is 1.31. The van der Waals surface area contributed by atoms with E-state index in [1.54, 1.807) is 35.2 Å². The smallest absolute Gasteiger partial charge is 0.243 e. The largest absolute Gasteiger partial charge is 0.486 e. The van der Waals surface area contributed by atoms with Crippen molar-refractivity contribution in [3.63, 3.8) is 0 Å². The maximum atomic E-state index is 12.5. The quantitative estimate of drug-likeness (QED) is 0.694. The summed E-state index contributed by atoms with van der Waals surface area (Å²) in [6.07, 6.45) is 0.0919. The summed E-state index contributed by atoms with van der Waals surface area (Å²) in [4.78, 5) is 38.6. The van der Waals surface area contributed by atoms with E-state index in [2.05, 4.69) is 26.6 Å². The highest BCUT2D eigenvalue weighted by molar-refractivity contribution is 9.10. The van der Waals surface area contributed by atoms with Gasteiger partial charge in [-0.1, -0.05) is 15.9 Å². The Bertz CT molecular complexity index is 979. The first kappa shape index (κ1) is 20.2. The first-order valence-electron chi connectivity index (χ1n) is 9.53. The first-order chi connectivity index (χ1) is 14.5. The SMILES string of the molecule is O=C(CNC(=O)C1CC(=O)N(c2ccc3c(c2)OCCO3)C1)Nc1ccc(Br)cc1. The van der Waals surface area contributed by atoms with E-state index in [4.69, 9.17) is 9.47 Å². The van der Waals surface area contributed by atoms with Gasteiger partial charge in [-0.25, -0.2) is 0 Å². The molecule has 2 aromatic carbocycles. The monoisotopic (exact) mass is 473 g/mol. The highest BCUT2D eigenvalue weighted by Crippen LogP contribution is 2.35. The van der Waals surface area contributed by atoms with Crippen molar-refractivity contribution < 1.29 is 23.9 Å². The molecule has 2 aliphatic heterocycles. The average molecular weight is 474 g/mol. The van der Waals surface area contributed by atoms with Gasteiger partial charge in [-0.15, -0.1) is 0 Å². The number of hydrogen-bond donors (Lipinski definition) is 2. The van der Waals surface area contributed by atoms with E-state index in [9.17, 15) is 14.4 Å². The van der Waals surface area contributed by atoms with Gasteiger partial charge in [0.1, 0.15) is 13.2 Å². The minimum absolute atomic E-state index is 0.0919. The van der Waals surface area contributed by atoms with Crippen LogP contribution < -0.4 is 25.0 Å². The second-order valence-corrected chi connectivity index (χ2v) is 7.92. The third kappa shape index (κ3) is 4.56. The van der Waals surface area contributed by atoms with E-state index < -0.39 is 5.92 Å². The number of nitrogens with zero attached hydrogens (tertiary/aromatic N) is 1. The van der Waals surface area contributed by atoms with Gasteiger partial charge in [-0.05, 0) is 36.4 Å². The van der Waals surface area contributed by atoms with Crippen molar-refractivity contribution in [1.29, 1.82) is 0 Å². The molecule has 2 aliphatic rings. The van der Waals surface area contributed by atoms with E-state index in [-0.39, 0.29) is 37.2 Å². The van der Waals surface area contributed by atoms with Crippen LogP contribution in [0.4, 0.5) is 11.4 Å². The molecule has 4 rings (SSSR count). The Hall–Kier alpha value is -3.07. The molecule has 0 bridgehead atoms. The second kappa shape index (κ2) is 8.74. The van der Waals surface area contributed by atoms with Crippen LogP contribution in [0.1, 0.15) is 6.42 Å². The number of carbonyl (C=O) groups is 3. The molecule has 1 unspecified atom stereocenters. The zero-order valence-electron chi connectivity index (χ0n) is 16.0. The molecule has 1 atom stereocenters. The molecule has 156 valence electrons. The number of carbonyl (C=O) groups excluding carboxylic acids is 3. The van der Waals surface area contributed by atoms with Crippen LogP contribution in [-0.4, -0.2) is 44.0 Å². The van der Waals surface area contributed by atoms with Crippen molar-refractivity contribution in [2.24, 2.45) is 5.92 Å². The molecule has 1 fully saturated rings. The summed E-state index contributed by atoms with van der Waals surface area (Å²) in [5.41, 5.74) is 1.30. The molecule has 30 heavy (non-hydrogen) atoms. The van der Waals surface area contributed by atoms with E-state index in [1.165, 1.54) is 0 Å². The minimum Gasteiger partial charge on any atom is -0.486 e. The maximum Gasteiger partial charge on any atom is 0.243 e. The van der Waals surface area contributed by atoms with Gasteiger partial charge >= 0.3 is 0 Å². The lowest BCUT2D eigenvalue weighted by Gasteiger charge is -2.22. The second-order valence-electron chi connectivity index (χ2n) is 7.01. The summed E-state index contributed by atoms with van der Waals surface area (Å²) in [6, 6.07) is 12.4. The van der Waals surface area contributed by atoms with Crippen molar-refractivity contribution in [2.45, 2.75) is 6.42 Å². The fourth-order valence-electron chi connectivity index (χ4n) is 3.38. The van der Waals surface area contributed by atoms with Gasteiger partial charge in [-0.3, -0.25) is 14.4 Å². The molecular weight excluding hydrogens is 454 g/mol. The number of fused-ring (bicyclic) bond motifs is 1. The molecular formula is C21H20BrN3O5. The van der Waals surface area contributed by atoms with Gasteiger partial charge in [0.2, 0.25) is 17.7 Å². The normalized spacial score (nSPS) is 17.6. The van der Waals surface area contributed by atoms with Crippen molar-refractivity contribution in [1.82, 2.24) is 5.32 Å². The number of ether oxygens (including phenoxy) is 2. The van der Waals surface area contributed by atoms with Gasteiger partial charge in [0, 0.05) is 34.9 Å². The number of hydrogen-bond acceptors (Lipinski definition) is 5. The van der Waals surface area contributed by atoms with Gasteiger partial charge in [0.15, 0.2) is 11.5 Å². The lowest BCUT2D eigenvalue weighted by Crippen LogP contribution is -2.37. The molecule has 1 saturated heterocycles. The van der Waals surface area contributed by atoms with Crippen LogP contribution in [0.5, 0.6) is 11.5 Å². The Labute approximate surface area is 181 Å². The summed E-state index contributed by atoms with van der Waals surface area (Å²) in [5, 5.41) is 5.32. The van der Waals surface area contributed by atoms with Crippen LogP contribution in [0, 0.1) is 5.92 Å². The van der Waals surface area contributed by atoms with Gasteiger partial charge in [0.05, 0.1) is 12.5 Å². The number of amides is 3. The lowest BCUT2D eigenvalue weighted by atomic mass is 10.1. The zero-order chi connectivity index (χ0) is 21.1. The van der Waals surface area contributed by atoms with Crippen molar-refractivity contribution in [3.8, 4) is 11.5 Å². The van der Waals surface area contributed by atoms with Crippen LogP contribution in [0.2, 0.25) is 0 Å². The topological polar surface area (TPSA) is 97.0 Å². The number of anilines is 2. The predicted molar refractivity (Wildman–Crippen MR) is 114 cm³/mol. The zero-order valence-corrected chi connectivity index (χ0v) is 17.6. The minimum atomic E-state index is -0.522. The van der Waals surface area contributed by atoms with E-state index in [0.717, 1.165) is 4.47 Å². The standard InChI is InChI=1S/C21H20BrN3O5/c22-14-1-3-15(4-2-14)24-19(26)11-23-21(28)13-9-20(27)25(12-13)16-5-6-17-18(10-16)30-8-7-29-17/h1-6,10,13H,7-9,11-12H2,(H,23,28)(H,24,26). The summed E-state index contributed by atoms with van der Waals surface area (Å²) >= 11 is 3.33. The van der Waals surface area contributed by atoms with Crippen molar-refractivity contribution in [3.05, 3.63) is 46.9 Å². The Morgan fingerprint density at radius 2 is 1.80 bits per heavy atom. The fraction of sp³-hybridized carbons (Fsp3) is 0.286. The third-order valence-electron chi connectivity index (χ3n) is 4.88. The molecule has 0 saturated carbocycles. The number of nitrogens with one attached hydrogen (secondary N) is 2. The van der Waals surface area contributed by atoms with E-state index >= 15 is 0 Å². The molecule has 0 spiro atoms. The predicted octanol–water partition coefficient (Wildman–Crippen LogP) is 2.33. The van der Waals surface area contributed by atoms with Crippen LogP contribution >= 0.6 is 15.9 Å². The summed E-state index contributed by atoms with van der Waals surface area (Å²) in [7, 11) is 0. The highest BCUT2D eigenvalue weighted by Gasteiger charge is 2.35. The van der Waals surface area contributed by atoms with Crippen LogP contribution in [0.3, 0.4) is 0 Å². The molecule has 2 N–H and O–H groups in total. The van der Waals surface area contributed by atoms with Crippen LogP contribution in [0.15, 0.2) is 46.9 Å². The number of rotatable bonds is 5. The van der Waals surface area contributed by atoms with Crippen LogP contribution in [-0.2, 0) is 14.4 Å². The van der Waals surface area contributed by atoms with Crippen molar-refractivity contribution in [2.75, 3.05) is 36.5 Å². The van der Waals surface area contributed by atoms with E-state index in [0.29, 0.717) is 36.1 Å². The summed E-state index contributed by atoms with van der Waals surface area (Å²) < 4.78 is 12.0. The Kier molecular flexibility index (Phi) is 5.89. The molecule has 2 heterocycles. The highest BCUT2D eigenvalue weighted by atomic mass is 79.9. The van der Waals surface area contributed by atoms with Crippen LogP contribution in [0.25, 0.3) is 0 Å². The molecule has 2 aromatic rings. The van der Waals surface area contributed by atoms with Gasteiger partial charge < -0.3 is 25.0 Å². The molecule has 9 heteroatoms. The van der Waals surface area contributed by atoms with Gasteiger partial charge in [0.25, 0.3) is 0 Å². The maximum absolute atomic E-state index is 12.5. The van der Waals surface area contributed by atoms with E-state index in [1.807, 2.05) is 12.1 Å². The Morgan fingerprint density at radius 1 is 1.07 bits per heavy atom. The third-order valence-corrected chi connectivity index (χ3v) is 5.41.